The summed E-state index contributed by atoms with van der Waals surface area (Å²) in [6.07, 6.45) is -2.76. The number of thioether (sulfide) groups is 1. The smallest absolute Gasteiger partial charge is 0.422 e. The van der Waals surface area contributed by atoms with E-state index < -0.39 is 12.8 Å². The lowest BCUT2D eigenvalue weighted by atomic mass is 10.2. The number of nitrogens with zero attached hydrogens (tertiary/aromatic N) is 1. The van der Waals surface area contributed by atoms with Crippen molar-refractivity contribution in [3.05, 3.63) is 53.2 Å². The molecule has 2 aromatic rings. The molecule has 0 unspecified atom stereocenters. The zero-order valence-electron chi connectivity index (χ0n) is 10.7. The standard InChI is InChI=1S/C14H11ClF3NOS/c15-11-3-6-13(19-7-11)21-8-10-1-4-12(5-2-10)20-9-14(16,17)18/h1-7H,8-9H2. The molecule has 2 rings (SSSR count). The Kier molecular flexibility index (Phi) is 5.36. The van der Waals surface area contributed by atoms with Gasteiger partial charge in [0.15, 0.2) is 6.61 Å². The van der Waals surface area contributed by atoms with Crippen LogP contribution < -0.4 is 4.74 Å². The maximum atomic E-state index is 12.0. The van der Waals surface area contributed by atoms with Crippen LogP contribution in [-0.4, -0.2) is 17.8 Å². The molecule has 0 aliphatic heterocycles. The van der Waals surface area contributed by atoms with Crippen LogP contribution in [0.1, 0.15) is 5.56 Å². The van der Waals surface area contributed by atoms with Gasteiger partial charge in [-0.2, -0.15) is 13.2 Å². The summed E-state index contributed by atoms with van der Waals surface area (Å²) >= 11 is 7.26. The van der Waals surface area contributed by atoms with E-state index in [4.69, 9.17) is 11.6 Å². The molecular formula is C14H11ClF3NOS. The summed E-state index contributed by atoms with van der Waals surface area (Å²) in [5.74, 6) is 0.861. The van der Waals surface area contributed by atoms with E-state index >= 15 is 0 Å². The second-order valence-corrected chi connectivity index (χ2v) is 5.58. The van der Waals surface area contributed by atoms with Crippen LogP contribution >= 0.6 is 23.4 Å². The third kappa shape index (κ3) is 5.85. The first kappa shape index (κ1) is 16.0. The van der Waals surface area contributed by atoms with Crippen LogP contribution in [0.25, 0.3) is 0 Å². The van der Waals surface area contributed by atoms with Crippen LogP contribution in [0.4, 0.5) is 13.2 Å². The molecule has 0 aliphatic rings. The average Bonchev–Trinajstić information content (AvgIpc) is 2.45. The normalized spacial score (nSPS) is 11.4. The predicted molar refractivity (Wildman–Crippen MR) is 76.8 cm³/mol. The molecule has 0 atom stereocenters. The van der Waals surface area contributed by atoms with Crippen molar-refractivity contribution < 1.29 is 17.9 Å². The lowest BCUT2D eigenvalue weighted by Gasteiger charge is -2.09. The Morgan fingerprint density at radius 3 is 2.38 bits per heavy atom. The van der Waals surface area contributed by atoms with Gasteiger partial charge in [0, 0.05) is 11.9 Å². The first-order chi connectivity index (χ1) is 9.92. The Morgan fingerprint density at radius 1 is 1.10 bits per heavy atom. The second-order valence-electron chi connectivity index (χ2n) is 4.15. The highest BCUT2D eigenvalue weighted by molar-refractivity contribution is 7.98. The van der Waals surface area contributed by atoms with Gasteiger partial charge in [0.25, 0.3) is 0 Å². The van der Waals surface area contributed by atoms with Gasteiger partial charge in [-0.05, 0) is 29.8 Å². The van der Waals surface area contributed by atoms with Crippen LogP contribution in [0.2, 0.25) is 5.02 Å². The Labute approximate surface area is 129 Å². The summed E-state index contributed by atoms with van der Waals surface area (Å²) in [5, 5.41) is 1.40. The Hall–Kier alpha value is -1.40. The van der Waals surface area contributed by atoms with Crippen molar-refractivity contribution in [1.82, 2.24) is 4.98 Å². The molecule has 2 nitrogen and oxygen atoms in total. The SMILES string of the molecule is FC(F)(F)COc1ccc(CSc2ccc(Cl)cn2)cc1. The summed E-state index contributed by atoms with van der Waals surface area (Å²) in [4.78, 5) is 4.15. The molecule has 0 amide bonds. The van der Waals surface area contributed by atoms with Gasteiger partial charge in [0.1, 0.15) is 5.75 Å². The van der Waals surface area contributed by atoms with E-state index in [9.17, 15) is 13.2 Å². The van der Waals surface area contributed by atoms with Gasteiger partial charge >= 0.3 is 6.18 Å². The fraction of sp³-hybridized carbons (Fsp3) is 0.214. The van der Waals surface area contributed by atoms with Crippen molar-refractivity contribution in [2.75, 3.05) is 6.61 Å². The molecule has 0 N–H and O–H groups in total. The molecule has 1 aromatic carbocycles. The molecule has 0 aliphatic carbocycles. The maximum absolute atomic E-state index is 12.0. The number of hydrogen-bond donors (Lipinski definition) is 0. The van der Waals surface area contributed by atoms with E-state index in [1.165, 1.54) is 23.9 Å². The molecule has 1 heterocycles. The van der Waals surface area contributed by atoms with Crippen LogP contribution in [0.3, 0.4) is 0 Å². The minimum absolute atomic E-state index is 0.200. The first-order valence-electron chi connectivity index (χ1n) is 5.95. The van der Waals surface area contributed by atoms with Crippen molar-refractivity contribution in [3.63, 3.8) is 0 Å². The van der Waals surface area contributed by atoms with E-state index in [1.54, 1.807) is 24.4 Å². The lowest BCUT2D eigenvalue weighted by molar-refractivity contribution is -0.153. The van der Waals surface area contributed by atoms with Gasteiger partial charge in [-0.25, -0.2) is 4.98 Å². The molecule has 21 heavy (non-hydrogen) atoms. The predicted octanol–water partition coefficient (Wildman–Crippen LogP) is 4.97. The number of halogens is 4. The van der Waals surface area contributed by atoms with Gasteiger partial charge in [0.05, 0.1) is 10.0 Å². The van der Waals surface area contributed by atoms with Gasteiger partial charge in [0.2, 0.25) is 0 Å². The third-order valence-corrected chi connectivity index (χ3v) is 3.65. The van der Waals surface area contributed by atoms with E-state index in [-0.39, 0.29) is 5.75 Å². The molecule has 0 radical (unpaired) electrons. The van der Waals surface area contributed by atoms with Crippen LogP contribution in [-0.2, 0) is 5.75 Å². The average molecular weight is 334 g/mol. The Bertz CT molecular complexity index is 572. The number of hydrogen-bond acceptors (Lipinski definition) is 3. The first-order valence-corrected chi connectivity index (χ1v) is 7.31. The molecule has 0 saturated carbocycles. The summed E-state index contributed by atoms with van der Waals surface area (Å²) in [7, 11) is 0. The van der Waals surface area contributed by atoms with Crippen molar-refractivity contribution in [2.45, 2.75) is 17.0 Å². The van der Waals surface area contributed by atoms with Crippen LogP contribution in [0, 0.1) is 0 Å². The topological polar surface area (TPSA) is 22.1 Å². The third-order valence-electron chi connectivity index (χ3n) is 2.41. The highest BCUT2D eigenvalue weighted by Gasteiger charge is 2.28. The van der Waals surface area contributed by atoms with Gasteiger partial charge < -0.3 is 4.74 Å². The molecule has 0 bridgehead atoms. The fourth-order valence-corrected chi connectivity index (χ4v) is 2.36. The molecule has 0 fully saturated rings. The van der Waals surface area contributed by atoms with Crippen LogP contribution in [0.5, 0.6) is 5.75 Å². The summed E-state index contributed by atoms with van der Waals surface area (Å²) in [6.45, 7) is -1.28. The molecule has 0 saturated heterocycles. The zero-order chi connectivity index (χ0) is 15.3. The van der Waals surface area contributed by atoms with Crippen LogP contribution in [0.15, 0.2) is 47.6 Å². The van der Waals surface area contributed by atoms with E-state index in [0.717, 1.165) is 10.6 Å². The van der Waals surface area contributed by atoms with Crippen molar-refractivity contribution in [2.24, 2.45) is 0 Å². The fourth-order valence-electron chi connectivity index (χ4n) is 1.45. The molecule has 112 valence electrons. The van der Waals surface area contributed by atoms with E-state index in [1.807, 2.05) is 6.07 Å². The molecule has 0 spiro atoms. The summed E-state index contributed by atoms with van der Waals surface area (Å²) < 4.78 is 40.7. The van der Waals surface area contributed by atoms with Gasteiger partial charge in [-0.3, -0.25) is 0 Å². The quantitative estimate of drug-likeness (QED) is 0.721. The second kappa shape index (κ2) is 7.04. The number of ether oxygens (including phenoxy) is 1. The number of alkyl halides is 3. The lowest BCUT2D eigenvalue weighted by Crippen LogP contribution is -2.19. The zero-order valence-corrected chi connectivity index (χ0v) is 12.3. The molecular weight excluding hydrogens is 323 g/mol. The van der Waals surface area contributed by atoms with Crippen molar-refractivity contribution in [1.29, 1.82) is 0 Å². The number of rotatable bonds is 5. The Balaban J connectivity index is 1.86. The van der Waals surface area contributed by atoms with Gasteiger partial charge in [-0.1, -0.05) is 23.7 Å². The number of aromatic nitrogens is 1. The van der Waals surface area contributed by atoms with Gasteiger partial charge in [-0.15, -0.1) is 11.8 Å². The largest absolute Gasteiger partial charge is 0.484 e. The van der Waals surface area contributed by atoms with E-state index in [0.29, 0.717) is 10.8 Å². The monoisotopic (exact) mass is 333 g/mol. The number of benzene rings is 1. The minimum Gasteiger partial charge on any atom is -0.484 e. The van der Waals surface area contributed by atoms with Crippen molar-refractivity contribution >= 4 is 23.4 Å². The highest BCUT2D eigenvalue weighted by Crippen LogP contribution is 2.24. The van der Waals surface area contributed by atoms with E-state index in [2.05, 4.69) is 9.72 Å². The molecule has 1 aromatic heterocycles. The number of pyridine rings is 1. The minimum atomic E-state index is -4.32. The maximum Gasteiger partial charge on any atom is 0.422 e. The summed E-state index contributed by atoms with van der Waals surface area (Å²) in [5.41, 5.74) is 0.969. The summed E-state index contributed by atoms with van der Waals surface area (Å²) in [6, 6.07) is 10.1. The Morgan fingerprint density at radius 2 is 1.81 bits per heavy atom. The molecule has 7 heteroatoms. The van der Waals surface area contributed by atoms with Crippen molar-refractivity contribution in [3.8, 4) is 5.75 Å². The highest BCUT2D eigenvalue weighted by atomic mass is 35.5.